The molecule has 1 saturated carbocycles. The predicted octanol–water partition coefficient (Wildman–Crippen LogP) is 2.31. The predicted molar refractivity (Wildman–Crippen MR) is 72.8 cm³/mol. The summed E-state index contributed by atoms with van der Waals surface area (Å²) in [7, 11) is 1.42. The number of carbonyl (C=O) groups excluding carboxylic acids is 1. The van der Waals surface area contributed by atoms with E-state index in [2.05, 4.69) is 4.90 Å². The molecule has 0 bridgehead atoms. The number of rotatable bonds is 5. The fourth-order valence-electron chi connectivity index (χ4n) is 2.70. The highest BCUT2D eigenvalue weighted by molar-refractivity contribution is 5.71. The van der Waals surface area contributed by atoms with Gasteiger partial charge >= 0.3 is 5.97 Å². The van der Waals surface area contributed by atoms with Crippen LogP contribution < -0.4 is 0 Å². The number of esters is 1. The Balaban J connectivity index is 2.05. The van der Waals surface area contributed by atoms with Crippen LogP contribution in [0.15, 0.2) is 24.3 Å². The van der Waals surface area contributed by atoms with Crippen molar-refractivity contribution < 1.29 is 14.6 Å². The molecule has 1 aromatic rings. The first kappa shape index (κ1) is 13.9. The molecule has 0 saturated heterocycles. The van der Waals surface area contributed by atoms with Crippen LogP contribution in [0.5, 0.6) is 5.75 Å². The Morgan fingerprint density at radius 1 is 1.42 bits per heavy atom. The van der Waals surface area contributed by atoms with E-state index < -0.39 is 0 Å². The van der Waals surface area contributed by atoms with Crippen LogP contribution in [0.3, 0.4) is 0 Å². The van der Waals surface area contributed by atoms with Crippen molar-refractivity contribution in [1.29, 1.82) is 0 Å². The van der Waals surface area contributed by atoms with Gasteiger partial charge in [0.1, 0.15) is 5.75 Å². The van der Waals surface area contributed by atoms with E-state index in [4.69, 9.17) is 4.74 Å². The van der Waals surface area contributed by atoms with Gasteiger partial charge in [0.15, 0.2) is 0 Å². The molecule has 1 aliphatic rings. The number of benzene rings is 1. The second-order valence-corrected chi connectivity index (χ2v) is 5.09. The SMILES string of the molecule is COC(=O)CN(Cc1cccc(O)c1)C1CCCC1. The fourth-order valence-corrected chi connectivity index (χ4v) is 2.70. The van der Waals surface area contributed by atoms with Crippen LogP contribution in [0.4, 0.5) is 0 Å². The van der Waals surface area contributed by atoms with Crippen LogP contribution in [0, 0.1) is 0 Å². The molecule has 0 amide bonds. The average molecular weight is 263 g/mol. The zero-order chi connectivity index (χ0) is 13.7. The number of methoxy groups -OCH3 is 1. The monoisotopic (exact) mass is 263 g/mol. The zero-order valence-corrected chi connectivity index (χ0v) is 11.3. The molecule has 19 heavy (non-hydrogen) atoms. The number of nitrogens with zero attached hydrogens (tertiary/aromatic N) is 1. The first-order valence-corrected chi connectivity index (χ1v) is 6.78. The normalized spacial score (nSPS) is 15.9. The van der Waals surface area contributed by atoms with Crippen molar-refractivity contribution >= 4 is 5.97 Å². The Morgan fingerprint density at radius 3 is 2.79 bits per heavy atom. The number of aromatic hydroxyl groups is 1. The maximum atomic E-state index is 11.5. The molecule has 104 valence electrons. The van der Waals surface area contributed by atoms with E-state index in [0.717, 1.165) is 18.4 Å². The van der Waals surface area contributed by atoms with Gasteiger partial charge in [0.05, 0.1) is 13.7 Å². The number of phenolic OH excluding ortho intramolecular Hbond substituents is 1. The Kier molecular flexibility index (Phi) is 4.80. The van der Waals surface area contributed by atoms with E-state index in [1.165, 1.54) is 20.0 Å². The molecule has 0 unspecified atom stereocenters. The van der Waals surface area contributed by atoms with Crippen LogP contribution >= 0.6 is 0 Å². The molecule has 1 fully saturated rings. The summed E-state index contributed by atoms with van der Waals surface area (Å²) < 4.78 is 4.77. The van der Waals surface area contributed by atoms with Gasteiger partial charge in [0.25, 0.3) is 0 Å². The molecule has 4 heteroatoms. The summed E-state index contributed by atoms with van der Waals surface area (Å²) in [6.07, 6.45) is 4.72. The Bertz CT molecular complexity index is 427. The number of hydrogen-bond acceptors (Lipinski definition) is 4. The van der Waals surface area contributed by atoms with Crippen molar-refractivity contribution in [3.05, 3.63) is 29.8 Å². The number of ether oxygens (including phenoxy) is 1. The van der Waals surface area contributed by atoms with Crippen LogP contribution in [0.2, 0.25) is 0 Å². The van der Waals surface area contributed by atoms with Crippen molar-refractivity contribution in [2.24, 2.45) is 0 Å². The lowest BCUT2D eigenvalue weighted by atomic mass is 10.1. The number of hydrogen-bond donors (Lipinski definition) is 1. The van der Waals surface area contributed by atoms with Crippen LogP contribution in [-0.4, -0.2) is 35.7 Å². The first-order valence-electron chi connectivity index (χ1n) is 6.78. The molecule has 2 rings (SSSR count). The van der Waals surface area contributed by atoms with Gasteiger partial charge in [-0.3, -0.25) is 9.69 Å². The van der Waals surface area contributed by atoms with Crippen molar-refractivity contribution in [3.63, 3.8) is 0 Å². The number of carbonyl (C=O) groups is 1. The molecule has 4 nitrogen and oxygen atoms in total. The summed E-state index contributed by atoms with van der Waals surface area (Å²) in [4.78, 5) is 13.7. The third-order valence-corrected chi connectivity index (χ3v) is 3.70. The minimum Gasteiger partial charge on any atom is -0.508 e. The molecule has 0 atom stereocenters. The Hall–Kier alpha value is -1.55. The molecular formula is C15H21NO3. The summed E-state index contributed by atoms with van der Waals surface area (Å²) >= 11 is 0. The van der Waals surface area contributed by atoms with Gasteiger partial charge in [-0.05, 0) is 30.5 Å². The quantitative estimate of drug-likeness (QED) is 0.828. The topological polar surface area (TPSA) is 49.8 Å². The van der Waals surface area contributed by atoms with Crippen LogP contribution in [0.25, 0.3) is 0 Å². The third kappa shape index (κ3) is 3.96. The van der Waals surface area contributed by atoms with Gasteiger partial charge < -0.3 is 9.84 Å². The summed E-state index contributed by atoms with van der Waals surface area (Å²) in [5.74, 6) is 0.0639. The van der Waals surface area contributed by atoms with Gasteiger partial charge in [-0.15, -0.1) is 0 Å². The van der Waals surface area contributed by atoms with E-state index in [1.54, 1.807) is 12.1 Å². The van der Waals surface area contributed by atoms with Crippen molar-refractivity contribution in [2.75, 3.05) is 13.7 Å². The Morgan fingerprint density at radius 2 is 2.16 bits per heavy atom. The maximum Gasteiger partial charge on any atom is 0.319 e. The van der Waals surface area contributed by atoms with Gasteiger partial charge in [-0.2, -0.15) is 0 Å². The second-order valence-electron chi connectivity index (χ2n) is 5.09. The largest absolute Gasteiger partial charge is 0.508 e. The number of phenols is 1. The van der Waals surface area contributed by atoms with Gasteiger partial charge in [-0.1, -0.05) is 25.0 Å². The Labute approximate surface area is 114 Å². The van der Waals surface area contributed by atoms with Crippen molar-refractivity contribution in [1.82, 2.24) is 4.90 Å². The zero-order valence-electron chi connectivity index (χ0n) is 11.3. The molecule has 0 aliphatic heterocycles. The van der Waals surface area contributed by atoms with E-state index >= 15 is 0 Å². The molecule has 1 N–H and O–H groups in total. The van der Waals surface area contributed by atoms with Gasteiger partial charge in [-0.25, -0.2) is 0 Å². The minimum atomic E-state index is -0.202. The van der Waals surface area contributed by atoms with E-state index in [1.807, 2.05) is 12.1 Å². The standard InChI is InChI=1S/C15H21NO3/c1-19-15(18)11-16(13-6-2-3-7-13)10-12-5-4-8-14(17)9-12/h4-5,8-9,13,17H,2-3,6-7,10-11H2,1H3. The van der Waals surface area contributed by atoms with Gasteiger partial charge in [0.2, 0.25) is 0 Å². The van der Waals surface area contributed by atoms with Gasteiger partial charge in [0, 0.05) is 12.6 Å². The van der Waals surface area contributed by atoms with Crippen LogP contribution in [0.1, 0.15) is 31.2 Å². The lowest BCUT2D eigenvalue weighted by Crippen LogP contribution is -2.37. The third-order valence-electron chi connectivity index (χ3n) is 3.70. The summed E-state index contributed by atoms with van der Waals surface area (Å²) in [5, 5.41) is 9.51. The smallest absolute Gasteiger partial charge is 0.319 e. The molecular weight excluding hydrogens is 242 g/mol. The van der Waals surface area contributed by atoms with Crippen molar-refractivity contribution in [3.8, 4) is 5.75 Å². The van der Waals surface area contributed by atoms with E-state index in [-0.39, 0.29) is 11.7 Å². The molecule has 1 aliphatic carbocycles. The summed E-state index contributed by atoms with van der Waals surface area (Å²) in [6.45, 7) is 0.991. The molecule has 0 aromatic heterocycles. The molecule has 0 radical (unpaired) electrons. The highest BCUT2D eigenvalue weighted by Crippen LogP contribution is 2.25. The average Bonchev–Trinajstić information content (AvgIpc) is 2.91. The lowest BCUT2D eigenvalue weighted by molar-refractivity contribution is -0.142. The molecule has 0 heterocycles. The summed E-state index contributed by atoms with van der Waals surface area (Å²) in [5.41, 5.74) is 1.02. The second kappa shape index (κ2) is 6.57. The minimum absolute atomic E-state index is 0.202. The highest BCUT2D eigenvalue weighted by Gasteiger charge is 2.24. The van der Waals surface area contributed by atoms with E-state index in [0.29, 0.717) is 19.1 Å². The van der Waals surface area contributed by atoms with Crippen LogP contribution in [-0.2, 0) is 16.1 Å². The first-order chi connectivity index (χ1) is 9.19. The summed E-state index contributed by atoms with van der Waals surface area (Å²) in [6, 6.07) is 7.65. The maximum absolute atomic E-state index is 11.5. The van der Waals surface area contributed by atoms with E-state index in [9.17, 15) is 9.90 Å². The fraction of sp³-hybridized carbons (Fsp3) is 0.533. The van der Waals surface area contributed by atoms with Crippen molar-refractivity contribution in [2.45, 2.75) is 38.3 Å². The molecule has 1 aromatic carbocycles. The highest BCUT2D eigenvalue weighted by atomic mass is 16.5. The lowest BCUT2D eigenvalue weighted by Gasteiger charge is -2.27. The molecule has 0 spiro atoms.